The maximum absolute atomic E-state index is 12.8. The number of pyridine rings is 2. The van der Waals surface area contributed by atoms with Gasteiger partial charge in [0.05, 0.1) is 13.2 Å². The van der Waals surface area contributed by atoms with Crippen LogP contribution in [0.1, 0.15) is 31.2 Å². The lowest BCUT2D eigenvalue weighted by molar-refractivity contribution is 0.122. The van der Waals surface area contributed by atoms with Crippen molar-refractivity contribution in [3.05, 3.63) is 48.4 Å². The van der Waals surface area contributed by atoms with Crippen molar-refractivity contribution in [2.24, 2.45) is 0 Å². The van der Waals surface area contributed by atoms with E-state index < -0.39 is 10.0 Å². The second-order valence-electron chi connectivity index (χ2n) is 8.35. The summed E-state index contributed by atoms with van der Waals surface area (Å²) in [6.07, 6.45) is 8.72. The van der Waals surface area contributed by atoms with Crippen LogP contribution < -0.4 is 9.62 Å². The third-order valence-electron chi connectivity index (χ3n) is 6.19. The van der Waals surface area contributed by atoms with E-state index in [-0.39, 0.29) is 10.9 Å². The summed E-state index contributed by atoms with van der Waals surface area (Å²) >= 11 is 0. The number of hydrogen-bond acceptors (Lipinski definition) is 7. The Morgan fingerprint density at radius 2 is 1.81 bits per heavy atom. The molecule has 1 aliphatic heterocycles. The molecular formula is C22H31N5O3S. The number of rotatable bonds is 7. The van der Waals surface area contributed by atoms with Gasteiger partial charge in [-0.1, -0.05) is 0 Å². The normalized spacial score (nSPS) is 22.6. The Kier molecular flexibility index (Phi) is 7.16. The summed E-state index contributed by atoms with van der Waals surface area (Å²) in [4.78, 5) is 13.1. The van der Waals surface area contributed by atoms with Crippen LogP contribution in [0.2, 0.25) is 0 Å². The van der Waals surface area contributed by atoms with E-state index >= 15 is 0 Å². The fourth-order valence-corrected chi connectivity index (χ4v) is 5.59. The molecule has 0 unspecified atom stereocenters. The van der Waals surface area contributed by atoms with Crippen molar-refractivity contribution >= 4 is 15.8 Å². The molecule has 0 bridgehead atoms. The number of hydrogen-bond donors (Lipinski definition) is 1. The first-order valence-electron chi connectivity index (χ1n) is 10.9. The van der Waals surface area contributed by atoms with E-state index in [1.54, 1.807) is 12.1 Å². The van der Waals surface area contributed by atoms with Crippen LogP contribution in [-0.2, 0) is 21.3 Å². The maximum atomic E-state index is 12.8. The Bertz CT molecular complexity index is 925. The number of ether oxygens (including phenoxy) is 1. The fourth-order valence-electron chi connectivity index (χ4n) is 4.34. The average molecular weight is 446 g/mol. The highest BCUT2D eigenvalue weighted by molar-refractivity contribution is 7.89. The lowest BCUT2D eigenvalue weighted by Crippen LogP contribution is -2.42. The molecule has 1 N–H and O–H groups in total. The zero-order valence-electron chi connectivity index (χ0n) is 18.0. The molecule has 2 aromatic heterocycles. The van der Waals surface area contributed by atoms with Crippen LogP contribution in [0.5, 0.6) is 0 Å². The summed E-state index contributed by atoms with van der Waals surface area (Å²) in [7, 11) is -1.43. The molecule has 1 aliphatic carbocycles. The van der Waals surface area contributed by atoms with Crippen molar-refractivity contribution in [1.29, 1.82) is 0 Å². The standard InChI is InChI=1S/C22H31N5O3S/c1-26(17-18-8-10-23-11-9-18)20-4-2-19(3-5-20)25-31(28,29)21-6-7-22(24-16-21)27-12-14-30-15-13-27/h6-11,16,19-20,25H,2-5,12-15,17H2,1H3/t19-,20-. The fraction of sp³-hybridized carbons (Fsp3) is 0.545. The monoisotopic (exact) mass is 445 g/mol. The lowest BCUT2D eigenvalue weighted by Gasteiger charge is -2.35. The highest BCUT2D eigenvalue weighted by Crippen LogP contribution is 2.25. The second-order valence-corrected chi connectivity index (χ2v) is 10.1. The van der Waals surface area contributed by atoms with Gasteiger partial charge in [0.25, 0.3) is 0 Å². The van der Waals surface area contributed by atoms with Crippen LogP contribution in [0.4, 0.5) is 5.82 Å². The molecule has 0 radical (unpaired) electrons. The molecule has 1 saturated heterocycles. The van der Waals surface area contributed by atoms with E-state index in [1.165, 1.54) is 11.8 Å². The van der Waals surface area contributed by atoms with E-state index in [9.17, 15) is 8.42 Å². The first-order chi connectivity index (χ1) is 15.0. The molecule has 31 heavy (non-hydrogen) atoms. The summed E-state index contributed by atoms with van der Waals surface area (Å²) in [5.41, 5.74) is 1.24. The van der Waals surface area contributed by atoms with E-state index in [2.05, 4.69) is 31.5 Å². The van der Waals surface area contributed by atoms with Gasteiger partial charge in [0.2, 0.25) is 10.0 Å². The minimum Gasteiger partial charge on any atom is -0.378 e. The highest BCUT2D eigenvalue weighted by atomic mass is 32.2. The molecule has 2 aromatic rings. The zero-order valence-corrected chi connectivity index (χ0v) is 18.8. The predicted octanol–water partition coefficient (Wildman–Crippen LogP) is 2.03. The third kappa shape index (κ3) is 5.79. The van der Waals surface area contributed by atoms with Crippen LogP contribution in [0.25, 0.3) is 0 Å². The van der Waals surface area contributed by atoms with Crippen LogP contribution in [0, 0.1) is 0 Å². The minimum atomic E-state index is -3.57. The second kappa shape index (κ2) is 10.0. The van der Waals surface area contributed by atoms with Gasteiger partial charge in [-0.3, -0.25) is 9.88 Å². The molecular weight excluding hydrogens is 414 g/mol. The summed E-state index contributed by atoms with van der Waals surface area (Å²) in [6, 6.07) is 7.93. The van der Waals surface area contributed by atoms with Gasteiger partial charge < -0.3 is 9.64 Å². The van der Waals surface area contributed by atoms with Gasteiger partial charge in [-0.05, 0) is 62.6 Å². The molecule has 9 heteroatoms. The molecule has 0 amide bonds. The smallest absolute Gasteiger partial charge is 0.242 e. The number of sulfonamides is 1. The summed E-state index contributed by atoms with van der Waals surface area (Å²) in [5.74, 6) is 0.792. The number of nitrogens with one attached hydrogen (secondary N) is 1. The Morgan fingerprint density at radius 3 is 2.45 bits per heavy atom. The predicted molar refractivity (Wildman–Crippen MR) is 119 cm³/mol. The highest BCUT2D eigenvalue weighted by Gasteiger charge is 2.28. The Morgan fingerprint density at radius 1 is 1.10 bits per heavy atom. The van der Waals surface area contributed by atoms with Crippen LogP contribution >= 0.6 is 0 Å². The van der Waals surface area contributed by atoms with Crippen molar-refractivity contribution in [3.63, 3.8) is 0 Å². The lowest BCUT2D eigenvalue weighted by atomic mass is 9.91. The summed E-state index contributed by atoms with van der Waals surface area (Å²) in [6.45, 7) is 3.77. The van der Waals surface area contributed by atoms with E-state index in [0.29, 0.717) is 19.3 Å². The topological polar surface area (TPSA) is 87.7 Å². The molecule has 0 atom stereocenters. The minimum absolute atomic E-state index is 0.0329. The van der Waals surface area contributed by atoms with Crippen molar-refractivity contribution in [2.45, 2.75) is 49.2 Å². The van der Waals surface area contributed by atoms with Crippen molar-refractivity contribution in [1.82, 2.24) is 19.6 Å². The average Bonchev–Trinajstić information content (AvgIpc) is 2.81. The summed E-state index contributed by atoms with van der Waals surface area (Å²) < 4.78 is 33.9. The molecule has 0 aromatic carbocycles. The van der Waals surface area contributed by atoms with Gasteiger partial charge >= 0.3 is 0 Å². The number of anilines is 1. The molecule has 4 rings (SSSR count). The largest absolute Gasteiger partial charge is 0.378 e. The Labute approximate surface area is 184 Å². The van der Waals surface area contributed by atoms with Crippen molar-refractivity contribution in [2.75, 3.05) is 38.3 Å². The van der Waals surface area contributed by atoms with E-state index in [4.69, 9.17) is 4.74 Å². The number of nitrogens with zero attached hydrogens (tertiary/aromatic N) is 4. The molecule has 2 fully saturated rings. The van der Waals surface area contributed by atoms with Crippen LogP contribution in [0.3, 0.4) is 0 Å². The number of morpholine rings is 1. The van der Waals surface area contributed by atoms with Gasteiger partial charge in [0.1, 0.15) is 10.7 Å². The van der Waals surface area contributed by atoms with Gasteiger partial charge in [-0.25, -0.2) is 18.1 Å². The van der Waals surface area contributed by atoms with E-state index in [0.717, 1.165) is 51.1 Å². The van der Waals surface area contributed by atoms with Crippen LogP contribution in [-0.4, -0.2) is 68.7 Å². The molecule has 1 saturated carbocycles. The first-order valence-corrected chi connectivity index (χ1v) is 12.4. The molecule has 2 aliphatic rings. The SMILES string of the molecule is CN(Cc1ccncc1)[C@H]1CC[C@H](NS(=O)(=O)c2ccc(N3CCOCC3)nc2)CC1. The first kappa shape index (κ1) is 22.1. The van der Waals surface area contributed by atoms with Gasteiger partial charge in [-0.2, -0.15) is 0 Å². The molecule has 8 nitrogen and oxygen atoms in total. The van der Waals surface area contributed by atoms with Crippen molar-refractivity contribution < 1.29 is 13.2 Å². The Hall–Kier alpha value is -2.07. The maximum Gasteiger partial charge on any atom is 0.242 e. The summed E-state index contributed by atoms with van der Waals surface area (Å²) in [5, 5.41) is 0. The Balaban J connectivity index is 1.29. The van der Waals surface area contributed by atoms with Gasteiger partial charge in [0.15, 0.2) is 0 Å². The van der Waals surface area contributed by atoms with Crippen LogP contribution in [0.15, 0.2) is 47.8 Å². The third-order valence-corrected chi connectivity index (χ3v) is 7.70. The molecule has 0 spiro atoms. The van der Waals surface area contributed by atoms with Crippen molar-refractivity contribution in [3.8, 4) is 0 Å². The van der Waals surface area contributed by atoms with E-state index in [1.807, 2.05) is 24.5 Å². The quantitative estimate of drug-likeness (QED) is 0.698. The molecule has 168 valence electrons. The van der Waals surface area contributed by atoms with Gasteiger partial charge in [0, 0.05) is 50.3 Å². The zero-order chi connectivity index (χ0) is 21.7. The number of aromatic nitrogens is 2. The molecule has 3 heterocycles. The van der Waals surface area contributed by atoms with Gasteiger partial charge in [-0.15, -0.1) is 0 Å².